The van der Waals surface area contributed by atoms with Crippen LogP contribution in [0.2, 0.25) is 5.02 Å². The van der Waals surface area contributed by atoms with Gasteiger partial charge in [0, 0.05) is 30.2 Å². The molecular weight excluding hydrogens is 400 g/mol. The standard InChI is InChI=1S/C24H23ClN2O3/c25-22-19(5-3-16-2-1-11-26-23(16)22)17-4-6-20-18(14-17)7-8-24(30-20)9-12-27(13-10-24)21(29)15-28/h1-6,11,14-15,21,29H,7-10,12-13H2/t21-/m0/s1. The highest BCUT2D eigenvalue weighted by atomic mass is 35.5. The van der Waals surface area contributed by atoms with E-state index in [0.29, 0.717) is 24.4 Å². The molecule has 5 nitrogen and oxygen atoms in total. The van der Waals surface area contributed by atoms with Crippen LogP contribution in [0.4, 0.5) is 0 Å². The summed E-state index contributed by atoms with van der Waals surface area (Å²) in [6, 6.07) is 14.3. The number of ether oxygens (including phenoxy) is 1. The summed E-state index contributed by atoms with van der Waals surface area (Å²) in [7, 11) is 0. The second-order valence-electron chi connectivity index (χ2n) is 8.20. The lowest BCUT2D eigenvalue weighted by molar-refractivity contribution is -0.128. The van der Waals surface area contributed by atoms with Gasteiger partial charge in [-0.05, 0) is 55.0 Å². The predicted molar refractivity (Wildman–Crippen MR) is 117 cm³/mol. The Hall–Kier alpha value is -2.47. The number of nitrogens with zero attached hydrogens (tertiary/aromatic N) is 2. The molecule has 30 heavy (non-hydrogen) atoms. The molecule has 3 heterocycles. The highest BCUT2D eigenvalue weighted by Gasteiger charge is 2.40. The highest BCUT2D eigenvalue weighted by molar-refractivity contribution is 6.37. The number of pyridine rings is 1. The van der Waals surface area contributed by atoms with Crippen LogP contribution in [0.25, 0.3) is 22.0 Å². The number of rotatable bonds is 3. The van der Waals surface area contributed by atoms with E-state index in [0.717, 1.165) is 53.5 Å². The first-order chi connectivity index (χ1) is 14.6. The molecule has 0 bridgehead atoms. The molecule has 1 saturated heterocycles. The maximum atomic E-state index is 10.8. The van der Waals surface area contributed by atoms with E-state index >= 15 is 0 Å². The molecular formula is C24H23ClN2O3. The van der Waals surface area contributed by atoms with Crippen molar-refractivity contribution in [1.82, 2.24) is 9.88 Å². The first kappa shape index (κ1) is 19.5. The smallest absolute Gasteiger partial charge is 0.163 e. The molecule has 0 radical (unpaired) electrons. The van der Waals surface area contributed by atoms with Crippen molar-refractivity contribution >= 4 is 28.8 Å². The summed E-state index contributed by atoms with van der Waals surface area (Å²) in [5.41, 5.74) is 3.83. The molecule has 3 aromatic rings. The number of aryl methyl sites for hydroxylation is 1. The van der Waals surface area contributed by atoms with E-state index in [1.165, 1.54) is 5.56 Å². The minimum absolute atomic E-state index is 0.210. The van der Waals surface area contributed by atoms with Crippen molar-refractivity contribution in [1.29, 1.82) is 0 Å². The zero-order valence-electron chi connectivity index (χ0n) is 16.6. The largest absolute Gasteiger partial charge is 0.487 e. The van der Waals surface area contributed by atoms with Gasteiger partial charge in [0.25, 0.3) is 0 Å². The van der Waals surface area contributed by atoms with Crippen molar-refractivity contribution in [3.63, 3.8) is 0 Å². The summed E-state index contributed by atoms with van der Waals surface area (Å²) >= 11 is 6.68. The average molecular weight is 423 g/mol. The van der Waals surface area contributed by atoms with E-state index in [-0.39, 0.29) is 5.60 Å². The van der Waals surface area contributed by atoms with E-state index in [1.807, 2.05) is 24.3 Å². The summed E-state index contributed by atoms with van der Waals surface area (Å²) in [5.74, 6) is 0.921. The van der Waals surface area contributed by atoms with Gasteiger partial charge in [-0.3, -0.25) is 14.7 Å². The van der Waals surface area contributed by atoms with E-state index in [4.69, 9.17) is 16.3 Å². The van der Waals surface area contributed by atoms with Gasteiger partial charge in [-0.25, -0.2) is 0 Å². The molecule has 154 valence electrons. The lowest BCUT2D eigenvalue weighted by atomic mass is 9.82. The molecule has 1 spiro atoms. The Morgan fingerprint density at radius 3 is 2.80 bits per heavy atom. The lowest BCUT2D eigenvalue weighted by Gasteiger charge is -2.45. The van der Waals surface area contributed by atoms with Crippen LogP contribution >= 0.6 is 11.6 Å². The third-order valence-corrected chi connectivity index (χ3v) is 6.85. The van der Waals surface area contributed by atoms with Gasteiger partial charge in [0.15, 0.2) is 12.5 Å². The van der Waals surface area contributed by atoms with Gasteiger partial charge in [-0.1, -0.05) is 35.9 Å². The summed E-state index contributed by atoms with van der Waals surface area (Å²) in [6.45, 7) is 1.32. The molecule has 2 aliphatic heterocycles. The van der Waals surface area contributed by atoms with Gasteiger partial charge in [0.2, 0.25) is 0 Å². The van der Waals surface area contributed by atoms with Gasteiger partial charge in [0.1, 0.15) is 11.4 Å². The Morgan fingerprint density at radius 1 is 1.17 bits per heavy atom. The molecule has 1 atom stereocenters. The number of fused-ring (bicyclic) bond motifs is 2. The Morgan fingerprint density at radius 2 is 2.00 bits per heavy atom. The first-order valence-electron chi connectivity index (χ1n) is 10.3. The number of piperidine rings is 1. The number of aliphatic hydroxyl groups is 1. The summed E-state index contributed by atoms with van der Waals surface area (Å²) < 4.78 is 6.47. The van der Waals surface area contributed by atoms with Crippen LogP contribution < -0.4 is 4.74 Å². The molecule has 0 saturated carbocycles. The maximum absolute atomic E-state index is 10.8. The molecule has 2 aliphatic rings. The monoisotopic (exact) mass is 422 g/mol. The Kier molecular flexibility index (Phi) is 4.97. The molecule has 6 heteroatoms. The van der Waals surface area contributed by atoms with Crippen molar-refractivity contribution in [2.75, 3.05) is 13.1 Å². The molecule has 5 rings (SSSR count). The third-order valence-electron chi connectivity index (χ3n) is 6.47. The Balaban J connectivity index is 1.39. The zero-order chi connectivity index (χ0) is 20.7. The number of aromatic nitrogens is 1. The van der Waals surface area contributed by atoms with E-state index in [2.05, 4.69) is 23.2 Å². The number of aldehydes is 1. The Labute approximate surface area is 180 Å². The number of carbonyl (C=O) groups excluding carboxylic acids is 1. The number of hydrogen-bond donors (Lipinski definition) is 1. The lowest BCUT2D eigenvalue weighted by Crippen LogP contribution is -2.52. The number of hydrogen-bond acceptors (Lipinski definition) is 5. The second kappa shape index (κ2) is 7.65. The maximum Gasteiger partial charge on any atom is 0.163 e. The van der Waals surface area contributed by atoms with E-state index in [9.17, 15) is 9.90 Å². The van der Waals surface area contributed by atoms with Crippen LogP contribution in [-0.4, -0.2) is 46.2 Å². The minimum atomic E-state index is -1.01. The third kappa shape index (κ3) is 3.37. The average Bonchev–Trinajstić information content (AvgIpc) is 2.79. The number of likely N-dealkylation sites (tertiary alicyclic amines) is 1. The van der Waals surface area contributed by atoms with Crippen LogP contribution in [0.3, 0.4) is 0 Å². The van der Waals surface area contributed by atoms with Crippen molar-refractivity contribution in [3.05, 3.63) is 59.2 Å². The fraction of sp³-hybridized carbons (Fsp3) is 0.333. The number of aliphatic hydroxyl groups excluding tert-OH is 1. The normalized spacial score (nSPS) is 19.3. The molecule has 1 fully saturated rings. The molecule has 0 unspecified atom stereocenters. The van der Waals surface area contributed by atoms with Crippen molar-refractivity contribution in [3.8, 4) is 16.9 Å². The second-order valence-corrected chi connectivity index (χ2v) is 8.57. The quantitative estimate of drug-likeness (QED) is 0.640. The zero-order valence-corrected chi connectivity index (χ0v) is 17.3. The summed E-state index contributed by atoms with van der Waals surface area (Å²) in [4.78, 5) is 17.1. The molecule has 1 N–H and O–H groups in total. The molecule has 0 aliphatic carbocycles. The number of halogens is 1. The van der Waals surface area contributed by atoms with Gasteiger partial charge < -0.3 is 9.84 Å². The van der Waals surface area contributed by atoms with Gasteiger partial charge >= 0.3 is 0 Å². The van der Waals surface area contributed by atoms with Crippen LogP contribution in [0, 0.1) is 0 Å². The SMILES string of the molecule is O=C[C@H](O)N1CCC2(CCc3cc(-c4ccc5cccnc5c4Cl)ccc3O2)CC1. The molecule has 0 amide bonds. The van der Waals surface area contributed by atoms with E-state index < -0.39 is 6.23 Å². The predicted octanol–water partition coefficient (Wildman–Crippen LogP) is 4.23. The van der Waals surface area contributed by atoms with Crippen molar-refractivity contribution < 1.29 is 14.6 Å². The van der Waals surface area contributed by atoms with E-state index in [1.54, 1.807) is 11.1 Å². The Bertz CT molecular complexity index is 1110. The van der Waals surface area contributed by atoms with Crippen LogP contribution in [0.15, 0.2) is 48.7 Å². The van der Waals surface area contributed by atoms with Gasteiger partial charge in [-0.15, -0.1) is 0 Å². The van der Waals surface area contributed by atoms with Crippen LogP contribution in [0.1, 0.15) is 24.8 Å². The molecule has 2 aromatic carbocycles. The highest BCUT2D eigenvalue weighted by Crippen LogP contribution is 2.42. The van der Waals surface area contributed by atoms with Crippen LogP contribution in [0.5, 0.6) is 5.75 Å². The summed E-state index contributed by atoms with van der Waals surface area (Å²) in [5, 5.41) is 11.5. The fourth-order valence-corrected chi connectivity index (χ4v) is 4.99. The van der Waals surface area contributed by atoms with Gasteiger partial charge in [0.05, 0.1) is 10.5 Å². The minimum Gasteiger partial charge on any atom is -0.487 e. The molecule has 1 aromatic heterocycles. The number of carbonyl (C=O) groups is 1. The topological polar surface area (TPSA) is 62.7 Å². The number of benzene rings is 2. The van der Waals surface area contributed by atoms with Crippen LogP contribution in [-0.2, 0) is 11.2 Å². The van der Waals surface area contributed by atoms with Gasteiger partial charge in [-0.2, -0.15) is 0 Å². The van der Waals surface area contributed by atoms with Crippen molar-refractivity contribution in [2.24, 2.45) is 0 Å². The first-order valence-corrected chi connectivity index (χ1v) is 10.7. The summed E-state index contributed by atoms with van der Waals surface area (Å²) in [6.07, 6.45) is 4.82. The van der Waals surface area contributed by atoms with Crippen molar-refractivity contribution in [2.45, 2.75) is 37.5 Å². The fourth-order valence-electron chi connectivity index (χ4n) is 4.66.